The van der Waals surface area contributed by atoms with Crippen LogP contribution in [0.3, 0.4) is 0 Å². The van der Waals surface area contributed by atoms with Crippen molar-refractivity contribution >= 4 is 23.2 Å². The molecular formula is C13H7Cl2F3. The maximum absolute atomic E-state index is 12.6. The van der Waals surface area contributed by atoms with Crippen LogP contribution in [0.1, 0.15) is 5.56 Å². The van der Waals surface area contributed by atoms with Crippen molar-refractivity contribution in [2.45, 2.75) is 6.18 Å². The minimum atomic E-state index is -4.37. The lowest BCUT2D eigenvalue weighted by atomic mass is 10.0. The van der Waals surface area contributed by atoms with E-state index in [0.29, 0.717) is 21.2 Å². The number of hydrogen-bond donors (Lipinski definition) is 0. The SMILES string of the molecule is FC(F)(F)c1cccc(-c2ccc(Cl)cc2Cl)c1. The fraction of sp³-hybridized carbons (Fsp3) is 0.0769. The normalized spacial score (nSPS) is 11.6. The van der Waals surface area contributed by atoms with Crippen LogP contribution >= 0.6 is 23.2 Å². The molecule has 2 rings (SSSR count). The summed E-state index contributed by atoms with van der Waals surface area (Å²) in [6.45, 7) is 0. The summed E-state index contributed by atoms with van der Waals surface area (Å²) in [5.74, 6) is 0. The molecule has 0 nitrogen and oxygen atoms in total. The van der Waals surface area contributed by atoms with Crippen LogP contribution in [0.25, 0.3) is 11.1 Å². The number of hydrogen-bond acceptors (Lipinski definition) is 0. The monoisotopic (exact) mass is 290 g/mol. The third-order valence-corrected chi connectivity index (χ3v) is 2.98. The molecule has 5 heteroatoms. The van der Waals surface area contributed by atoms with Gasteiger partial charge in [0.25, 0.3) is 0 Å². The highest BCUT2D eigenvalue weighted by molar-refractivity contribution is 6.36. The highest BCUT2D eigenvalue weighted by Gasteiger charge is 2.30. The van der Waals surface area contributed by atoms with E-state index in [1.807, 2.05) is 0 Å². The van der Waals surface area contributed by atoms with Gasteiger partial charge in [0.05, 0.1) is 5.56 Å². The zero-order valence-electron chi connectivity index (χ0n) is 8.93. The van der Waals surface area contributed by atoms with Crippen LogP contribution in [0.15, 0.2) is 42.5 Å². The van der Waals surface area contributed by atoms with Gasteiger partial charge in [-0.1, -0.05) is 41.4 Å². The Labute approximate surface area is 112 Å². The highest BCUT2D eigenvalue weighted by Crippen LogP contribution is 2.35. The summed E-state index contributed by atoms with van der Waals surface area (Å²) in [6.07, 6.45) is -4.37. The second kappa shape index (κ2) is 4.82. The Bertz CT molecular complexity index is 577. The van der Waals surface area contributed by atoms with Gasteiger partial charge in [-0.25, -0.2) is 0 Å². The zero-order valence-corrected chi connectivity index (χ0v) is 10.4. The van der Waals surface area contributed by atoms with Crippen molar-refractivity contribution in [1.29, 1.82) is 0 Å². The predicted molar refractivity (Wildman–Crippen MR) is 66.9 cm³/mol. The van der Waals surface area contributed by atoms with Gasteiger partial charge in [0.1, 0.15) is 0 Å². The molecule has 0 atom stereocenters. The molecule has 2 aromatic rings. The third-order valence-electron chi connectivity index (χ3n) is 2.43. The topological polar surface area (TPSA) is 0 Å². The first-order chi connectivity index (χ1) is 8.38. The van der Waals surface area contributed by atoms with Gasteiger partial charge < -0.3 is 0 Å². The Morgan fingerprint density at radius 3 is 2.22 bits per heavy atom. The van der Waals surface area contributed by atoms with Crippen molar-refractivity contribution in [1.82, 2.24) is 0 Å². The number of halogens is 5. The van der Waals surface area contributed by atoms with Crippen LogP contribution in [-0.4, -0.2) is 0 Å². The maximum atomic E-state index is 12.6. The van der Waals surface area contributed by atoms with Gasteiger partial charge in [0, 0.05) is 15.6 Å². The first-order valence-corrected chi connectivity index (χ1v) is 5.76. The van der Waals surface area contributed by atoms with Crippen molar-refractivity contribution in [2.75, 3.05) is 0 Å². The van der Waals surface area contributed by atoms with Crippen LogP contribution in [0.4, 0.5) is 13.2 Å². The molecule has 18 heavy (non-hydrogen) atoms. The molecule has 0 fully saturated rings. The lowest BCUT2D eigenvalue weighted by Crippen LogP contribution is -2.04. The molecule has 0 unspecified atom stereocenters. The molecule has 0 amide bonds. The first-order valence-electron chi connectivity index (χ1n) is 5.00. The fourth-order valence-corrected chi connectivity index (χ4v) is 2.10. The summed E-state index contributed by atoms with van der Waals surface area (Å²) in [7, 11) is 0. The van der Waals surface area contributed by atoms with Crippen molar-refractivity contribution in [3.8, 4) is 11.1 Å². The molecule has 0 bridgehead atoms. The molecule has 0 heterocycles. The molecule has 0 saturated carbocycles. The summed E-state index contributed by atoms with van der Waals surface area (Å²) in [6, 6.07) is 9.69. The fourth-order valence-electron chi connectivity index (χ4n) is 1.59. The van der Waals surface area contributed by atoms with Gasteiger partial charge in [0.15, 0.2) is 0 Å². The molecule has 0 aliphatic heterocycles. The molecule has 0 aromatic heterocycles. The summed E-state index contributed by atoms with van der Waals surface area (Å²) >= 11 is 11.7. The van der Waals surface area contributed by atoms with Crippen molar-refractivity contribution in [3.05, 3.63) is 58.1 Å². The molecule has 94 valence electrons. The van der Waals surface area contributed by atoms with Crippen LogP contribution in [0, 0.1) is 0 Å². The lowest BCUT2D eigenvalue weighted by molar-refractivity contribution is -0.137. The lowest BCUT2D eigenvalue weighted by Gasteiger charge is -2.10. The van der Waals surface area contributed by atoms with Crippen molar-refractivity contribution in [2.24, 2.45) is 0 Å². The highest BCUT2D eigenvalue weighted by atomic mass is 35.5. The van der Waals surface area contributed by atoms with E-state index in [-0.39, 0.29) is 0 Å². The molecular weight excluding hydrogens is 284 g/mol. The van der Waals surface area contributed by atoms with E-state index < -0.39 is 11.7 Å². The average Bonchev–Trinajstić information content (AvgIpc) is 2.28. The Balaban J connectivity index is 2.51. The van der Waals surface area contributed by atoms with E-state index >= 15 is 0 Å². The van der Waals surface area contributed by atoms with Gasteiger partial charge >= 0.3 is 6.18 Å². The molecule has 0 aliphatic rings. The Morgan fingerprint density at radius 2 is 1.61 bits per heavy atom. The minimum Gasteiger partial charge on any atom is -0.166 e. The molecule has 0 aliphatic carbocycles. The first kappa shape index (κ1) is 13.2. The van der Waals surface area contributed by atoms with E-state index in [1.54, 1.807) is 18.2 Å². The summed E-state index contributed by atoms with van der Waals surface area (Å²) in [5, 5.41) is 0.762. The minimum absolute atomic E-state index is 0.321. The van der Waals surface area contributed by atoms with Crippen molar-refractivity contribution < 1.29 is 13.2 Å². The van der Waals surface area contributed by atoms with E-state index in [2.05, 4.69) is 0 Å². The van der Waals surface area contributed by atoms with Gasteiger partial charge in [-0.2, -0.15) is 13.2 Å². The molecule has 0 spiro atoms. The summed E-state index contributed by atoms with van der Waals surface area (Å²) < 4.78 is 37.8. The summed E-state index contributed by atoms with van der Waals surface area (Å²) in [4.78, 5) is 0. The second-order valence-electron chi connectivity index (χ2n) is 3.70. The van der Waals surface area contributed by atoms with E-state index in [0.717, 1.165) is 12.1 Å². The second-order valence-corrected chi connectivity index (χ2v) is 4.55. The largest absolute Gasteiger partial charge is 0.416 e. The smallest absolute Gasteiger partial charge is 0.166 e. The van der Waals surface area contributed by atoms with Crippen LogP contribution < -0.4 is 0 Å². The van der Waals surface area contributed by atoms with Crippen LogP contribution in [0.2, 0.25) is 10.0 Å². The van der Waals surface area contributed by atoms with Gasteiger partial charge in [-0.15, -0.1) is 0 Å². The Kier molecular flexibility index (Phi) is 3.55. The van der Waals surface area contributed by atoms with Gasteiger partial charge in [0.2, 0.25) is 0 Å². The molecule has 0 saturated heterocycles. The average molecular weight is 291 g/mol. The van der Waals surface area contributed by atoms with Crippen LogP contribution in [-0.2, 0) is 6.18 Å². The molecule has 2 aromatic carbocycles. The van der Waals surface area contributed by atoms with Gasteiger partial charge in [-0.3, -0.25) is 0 Å². The van der Waals surface area contributed by atoms with Gasteiger partial charge in [-0.05, 0) is 29.8 Å². The maximum Gasteiger partial charge on any atom is 0.416 e. The number of rotatable bonds is 1. The standard InChI is InChI=1S/C13H7Cl2F3/c14-10-4-5-11(12(15)7-10)8-2-1-3-9(6-8)13(16,17)18/h1-7H. The predicted octanol–water partition coefficient (Wildman–Crippen LogP) is 5.68. The Hall–Kier alpha value is -1.19. The van der Waals surface area contributed by atoms with E-state index in [9.17, 15) is 13.2 Å². The molecule has 0 radical (unpaired) electrons. The zero-order chi connectivity index (χ0) is 13.3. The quantitative estimate of drug-likeness (QED) is 0.634. The Morgan fingerprint density at radius 1 is 0.889 bits per heavy atom. The third kappa shape index (κ3) is 2.79. The number of benzene rings is 2. The number of alkyl halides is 3. The van der Waals surface area contributed by atoms with E-state index in [1.165, 1.54) is 12.1 Å². The van der Waals surface area contributed by atoms with E-state index in [4.69, 9.17) is 23.2 Å². The van der Waals surface area contributed by atoms with Crippen LogP contribution in [0.5, 0.6) is 0 Å². The van der Waals surface area contributed by atoms with Crippen molar-refractivity contribution in [3.63, 3.8) is 0 Å². The summed E-state index contributed by atoms with van der Waals surface area (Å²) in [5.41, 5.74) is 0.227. The molecule has 0 N–H and O–H groups in total.